The van der Waals surface area contributed by atoms with E-state index in [1.54, 1.807) is 0 Å². The van der Waals surface area contributed by atoms with Crippen molar-refractivity contribution in [3.8, 4) is 33.4 Å². The molecule has 0 aliphatic heterocycles. The molecule has 0 bridgehead atoms. The average molecular weight is 924 g/mol. The lowest BCUT2D eigenvalue weighted by Crippen LogP contribution is -2.28. The number of rotatable bonds is 7. The van der Waals surface area contributed by atoms with E-state index >= 15 is 0 Å². The van der Waals surface area contributed by atoms with Gasteiger partial charge in [-0.3, -0.25) is 0 Å². The Kier molecular flexibility index (Phi) is 8.74. The highest BCUT2D eigenvalue weighted by Gasteiger charge is 2.46. The van der Waals surface area contributed by atoms with Gasteiger partial charge in [-0.2, -0.15) is 0 Å². The first-order valence-corrected chi connectivity index (χ1v) is 25.1. The van der Waals surface area contributed by atoms with Crippen LogP contribution in [0.3, 0.4) is 0 Å². The summed E-state index contributed by atoms with van der Waals surface area (Å²) in [5.41, 5.74) is 17.8. The molecular weight excluding hydrogens is 883 g/mol. The molecule has 3 heterocycles. The molecule has 0 N–H and O–H groups in total. The minimum absolute atomic E-state index is 0.563. The van der Waals surface area contributed by atoms with Gasteiger partial charge in [-0.25, -0.2) is 0 Å². The molecule has 332 valence electrons. The lowest BCUT2D eigenvalue weighted by Gasteiger charge is -2.35. The molecule has 3 aromatic heterocycles. The highest BCUT2D eigenvalue weighted by atomic mass is 32.1. The smallest absolute Gasteiger partial charge is 0.144 e. The Labute approximate surface area is 413 Å². The van der Waals surface area contributed by atoms with Crippen LogP contribution in [0, 0.1) is 0 Å². The monoisotopic (exact) mass is 923 g/mol. The van der Waals surface area contributed by atoms with Crippen LogP contribution in [-0.4, -0.2) is 0 Å². The van der Waals surface area contributed by atoms with Crippen molar-refractivity contribution in [1.82, 2.24) is 0 Å². The van der Waals surface area contributed by atoms with Crippen molar-refractivity contribution in [3.05, 3.63) is 271 Å². The summed E-state index contributed by atoms with van der Waals surface area (Å²) in [6.07, 6.45) is 0. The number of anilines is 3. The van der Waals surface area contributed by atoms with E-state index in [0.717, 1.165) is 83.2 Å². The molecule has 1 aliphatic rings. The number of hydrogen-bond acceptors (Lipinski definition) is 4. The second-order valence-corrected chi connectivity index (χ2v) is 19.7. The summed E-state index contributed by atoms with van der Waals surface area (Å²) >= 11 is 1.84. The summed E-state index contributed by atoms with van der Waals surface area (Å²) in [5, 5.41) is 6.70. The third-order valence-electron chi connectivity index (χ3n) is 14.9. The first kappa shape index (κ1) is 40.0. The number of hydrogen-bond donors (Lipinski definition) is 0. The van der Waals surface area contributed by atoms with Crippen LogP contribution in [0.5, 0.6) is 0 Å². The molecule has 11 aromatic carbocycles. The molecule has 0 atom stereocenters. The molecule has 0 fully saturated rings. The minimum Gasteiger partial charge on any atom is -0.456 e. The Morgan fingerprint density at radius 3 is 1.80 bits per heavy atom. The van der Waals surface area contributed by atoms with E-state index in [4.69, 9.17) is 8.83 Å². The standard InChI is InChI=1S/C67H41NO2S/c1-4-19-42(20-5-1)47-25-11-15-32-58(47)68(45-35-37-49-48-26-10-14-31-56(48)67(57(49)39-45,43-21-6-2-7-22-43)44-23-8-3-9-24-44)46-36-38-50-55-41-61-63(53-28-12-16-33-59(53)69-61)64(65(55)70-60(50)40-46)54-30-18-29-52-51-27-13-17-34-62(51)71-66(52)54/h1-41H. The van der Waals surface area contributed by atoms with Crippen LogP contribution >= 0.6 is 11.3 Å². The third-order valence-corrected chi connectivity index (χ3v) is 16.2. The van der Waals surface area contributed by atoms with Crippen molar-refractivity contribution >= 4 is 92.4 Å². The van der Waals surface area contributed by atoms with E-state index in [9.17, 15) is 0 Å². The van der Waals surface area contributed by atoms with Crippen LogP contribution in [0.4, 0.5) is 17.1 Å². The molecular formula is C67H41NO2S. The lowest BCUT2D eigenvalue weighted by atomic mass is 9.67. The third kappa shape index (κ3) is 5.83. The Morgan fingerprint density at radius 1 is 0.366 bits per heavy atom. The van der Waals surface area contributed by atoms with Crippen molar-refractivity contribution < 1.29 is 8.83 Å². The quantitative estimate of drug-likeness (QED) is 0.160. The number of fused-ring (bicyclic) bond motifs is 12. The molecule has 4 heteroatoms. The van der Waals surface area contributed by atoms with Crippen molar-refractivity contribution in [2.45, 2.75) is 5.41 Å². The first-order chi connectivity index (χ1) is 35.2. The van der Waals surface area contributed by atoms with Gasteiger partial charge in [0, 0.05) is 75.8 Å². The largest absolute Gasteiger partial charge is 0.456 e. The normalized spacial score (nSPS) is 12.9. The van der Waals surface area contributed by atoms with E-state index in [1.807, 2.05) is 17.4 Å². The van der Waals surface area contributed by atoms with Crippen LogP contribution in [0.1, 0.15) is 22.3 Å². The van der Waals surface area contributed by atoms with Gasteiger partial charge in [-0.15, -0.1) is 11.3 Å². The first-order valence-electron chi connectivity index (χ1n) is 24.2. The zero-order valence-corrected chi connectivity index (χ0v) is 39.2. The van der Waals surface area contributed by atoms with Crippen molar-refractivity contribution in [2.24, 2.45) is 0 Å². The van der Waals surface area contributed by atoms with E-state index in [2.05, 4.69) is 248 Å². The molecule has 71 heavy (non-hydrogen) atoms. The summed E-state index contributed by atoms with van der Waals surface area (Å²) in [6, 6.07) is 90.3. The number of thiophene rings is 1. The topological polar surface area (TPSA) is 29.5 Å². The van der Waals surface area contributed by atoms with Gasteiger partial charge in [0.1, 0.15) is 22.3 Å². The molecule has 0 saturated heterocycles. The minimum atomic E-state index is -0.563. The summed E-state index contributed by atoms with van der Waals surface area (Å²) in [4.78, 5) is 2.43. The fourth-order valence-corrected chi connectivity index (χ4v) is 13.2. The summed E-state index contributed by atoms with van der Waals surface area (Å²) < 4.78 is 16.6. The summed E-state index contributed by atoms with van der Waals surface area (Å²) in [7, 11) is 0. The van der Waals surface area contributed by atoms with Crippen molar-refractivity contribution in [1.29, 1.82) is 0 Å². The Balaban J connectivity index is 1.00. The van der Waals surface area contributed by atoms with Gasteiger partial charge < -0.3 is 13.7 Å². The van der Waals surface area contributed by atoms with Crippen molar-refractivity contribution in [2.75, 3.05) is 4.90 Å². The van der Waals surface area contributed by atoms with E-state index in [-0.39, 0.29) is 0 Å². The van der Waals surface area contributed by atoms with E-state index in [0.29, 0.717) is 0 Å². The number of furan rings is 2. The van der Waals surface area contributed by atoms with Gasteiger partial charge in [-0.05, 0) is 87.5 Å². The zero-order chi connectivity index (χ0) is 46.6. The molecule has 0 spiro atoms. The van der Waals surface area contributed by atoms with Crippen LogP contribution in [0.25, 0.3) is 97.4 Å². The maximum Gasteiger partial charge on any atom is 0.144 e. The molecule has 14 aromatic rings. The fourth-order valence-electron chi connectivity index (χ4n) is 12.0. The van der Waals surface area contributed by atoms with E-state index in [1.165, 1.54) is 53.6 Å². The molecule has 15 rings (SSSR count). The second kappa shape index (κ2) is 15.5. The van der Waals surface area contributed by atoms with Gasteiger partial charge in [0.25, 0.3) is 0 Å². The van der Waals surface area contributed by atoms with Gasteiger partial charge >= 0.3 is 0 Å². The number of benzene rings is 11. The van der Waals surface area contributed by atoms with Crippen LogP contribution in [0.2, 0.25) is 0 Å². The summed E-state index contributed by atoms with van der Waals surface area (Å²) in [5.74, 6) is 0. The molecule has 0 amide bonds. The van der Waals surface area contributed by atoms with Gasteiger partial charge in [0.15, 0.2) is 0 Å². The second-order valence-electron chi connectivity index (χ2n) is 18.6. The van der Waals surface area contributed by atoms with Crippen molar-refractivity contribution in [3.63, 3.8) is 0 Å². The highest BCUT2D eigenvalue weighted by Crippen LogP contribution is 2.58. The Morgan fingerprint density at radius 2 is 0.986 bits per heavy atom. The predicted octanol–water partition coefficient (Wildman–Crippen LogP) is 19.0. The van der Waals surface area contributed by atoms with Gasteiger partial charge in [0.2, 0.25) is 0 Å². The van der Waals surface area contributed by atoms with Crippen LogP contribution in [0.15, 0.2) is 258 Å². The molecule has 0 radical (unpaired) electrons. The Bertz CT molecular complexity index is 4370. The van der Waals surface area contributed by atoms with Gasteiger partial charge in [-0.1, -0.05) is 194 Å². The van der Waals surface area contributed by atoms with E-state index < -0.39 is 5.41 Å². The average Bonchev–Trinajstić information content (AvgIpc) is 4.20. The SMILES string of the molecule is c1ccc(-c2ccccc2N(c2ccc3c(c2)C(c2ccccc2)(c2ccccc2)c2ccccc2-3)c2ccc3c(c2)oc2c(-c4cccc5c4sc4ccccc45)c4c(cc23)oc2ccccc24)cc1. The molecule has 1 aliphatic carbocycles. The predicted molar refractivity (Wildman–Crippen MR) is 297 cm³/mol. The highest BCUT2D eigenvalue weighted by molar-refractivity contribution is 7.26. The summed E-state index contributed by atoms with van der Waals surface area (Å²) in [6.45, 7) is 0. The van der Waals surface area contributed by atoms with Crippen LogP contribution < -0.4 is 4.90 Å². The molecule has 0 saturated carbocycles. The molecule has 0 unspecified atom stereocenters. The zero-order valence-electron chi connectivity index (χ0n) is 38.3. The van der Waals surface area contributed by atoms with Gasteiger partial charge in [0.05, 0.1) is 11.1 Å². The lowest BCUT2D eigenvalue weighted by molar-refractivity contribution is 0.664. The maximum atomic E-state index is 7.37. The Hall–Kier alpha value is -8.96. The molecule has 3 nitrogen and oxygen atoms in total. The maximum absolute atomic E-state index is 7.37. The number of para-hydroxylation sites is 2. The fraction of sp³-hybridized carbons (Fsp3) is 0.0149. The van der Waals surface area contributed by atoms with Crippen LogP contribution in [-0.2, 0) is 5.41 Å². The number of nitrogens with zero attached hydrogens (tertiary/aromatic N) is 1.